The molecule has 3 rings (SSSR count). The first-order valence-corrected chi connectivity index (χ1v) is 10.7. The number of carbonyl (C=O) groups is 1. The van der Waals surface area contributed by atoms with Crippen LogP contribution in [-0.4, -0.2) is 75.0 Å². The minimum atomic E-state index is -0.194. The van der Waals surface area contributed by atoms with Crippen LogP contribution in [0.5, 0.6) is 0 Å². The Labute approximate surface area is 175 Å². The summed E-state index contributed by atoms with van der Waals surface area (Å²) in [6.07, 6.45) is 0.910. The maximum absolute atomic E-state index is 14.1. The van der Waals surface area contributed by atoms with Gasteiger partial charge in [0, 0.05) is 51.7 Å². The third-order valence-electron chi connectivity index (χ3n) is 4.87. The van der Waals surface area contributed by atoms with Gasteiger partial charge >= 0.3 is 0 Å². The van der Waals surface area contributed by atoms with E-state index in [1.165, 1.54) is 10.9 Å². The van der Waals surface area contributed by atoms with Crippen LogP contribution in [0.25, 0.3) is 0 Å². The van der Waals surface area contributed by atoms with Gasteiger partial charge in [-0.3, -0.25) is 4.79 Å². The van der Waals surface area contributed by atoms with Crippen LogP contribution in [0.3, 0.4) is 0 Å². The van der Waals surface area contributed by atoms with E-state index in [9.17, 15) is 9.18 Å². The summed E-state index contributed by atoms with van der Waals surface area (Å²) in [6.45, 7) is 3.71. The SMILES string of the molecule is CN(C)C(=O)CN=C(NCCc1cccs1)N1CCN(c2ccccc2F)CC1. The Morgan fingerprint density at radius 2 is 1.93 bits per heavy atom. The highest BCUT2D eigenvalue weighted by atomic mass is 32.1. The molecule has 1 aliphatic heterocycles. The molecule has 1 amide bonds. The molecule has 1 aliphatic rings. The predicted octanol–water partition coefficient (Wildman–Crippen LogP) is 2.29. The molecule has 1 fully saturated rings. The van der Waals surface area contributed by atoms with E-state index in [2.05, 4.69) is 31.6 Å². The van der Waals surface area contributed by atoms with Crippen LogP contribution >= 0.6 is 11.3 Å². The Morgan fingerprint density at radius 3 is 2.59 bits per heavy atom. The summed E-state index contributed by atoms with van der Waals surface area (Å²) in [6, 6.07) is 11.0. The molecular formula is C21H28FN5OS. The van der Waals surface area contributed by atoms with Gasteiger partial charge in [0.1, 0.15) is 12.4 Å². The summed E-state index contributed by atoms with van der Waals surface area (Å²) in [7, 11) is 3.46. The van der Waals surface area contributed by atoms with E-state index in [0.717, 1.165) is 32.0 Å². The molecule has 1 aromatic carbocycles. The van der Waals surface area contributed by atoms with E-state index in [1.807, 2.05) is 18.2 Å². The third kappa shape index (κ3) is 5.93. The fourth-order valence-corrected chi connectivity index (χ4v) is 3.88. The number of rotatable bonds is 6. The monoisotopic (exact) mass is 417 g/mol. The predicted molar refractivity (Wildman–Crippen MR) is 117 cm³/mol. The highest BCUT2D eigenvalue weighted by molar-refractivity contribution is 7.09. The number of aliphatic imine (C=N–C) groups is 1. The second kappa shape index (κ2) is 10.2. The average molecular weight is 418 g/mol. The lowest BCUT2D eigenvalue weighted by Gasteiger charge is -2.37. The standard InChI is InChI=1S/C21H28FN5OS/c1-25(2)20(28)16-24-21(23-10-9-17-6-5-15-29-17)27-13-11-26(12-14-27)19-8-4-3-7-18(19)22/h3-8,15H,9-14,16H2,1-2H3,(H,23,24). The molecule has 2 aromatic rings. The molecule has 2 heterocycles. The molecule has 0 radical (unpaired) electrons. The number of likely N-dealkylation sites (N-methyl/N-ethyl adjacent to an activating group) is 1. The van der Waals surface area contributed by atoms with Crippen molar-refractivity contribution >= 4 is 28.9 Å². The Kier molecular flexibility index (Phi) is 7.46. The van der Waals surface area contributed by atoms with Crippen LogP contribution in [0.15, 0.2) is 46.8 Å². The normalized spacial score (nSPS) is 14.8. The van der Waals surface area contributed by atoms with Gasteiger partial charge < -0.3 is 20.0 Å². The Balaban J connectivity index is 1.61. The topological polar surface area (TPSA) is 51.2 Å². The number of thiophene rings is 1. The van der Waals surface area contributed by atoms with Crippen molar-refractivity contribution in [2.45, 2.75) is 6.42 Å². The fourth-order valence-electron chi connectivity index (χ4n) is 3.17. The second-order valence-corrected chi connectivity index (χ2v) is 8.14. The van der Waals surface area contributed by atoms with E-state index in [-0.39, 0.29) is 18.3 Å². The Hall–Kier alpha value is -2.61. The Morgan fingerprint density at radius 1 is 1.17 bits per heavy atom. The van der Waals surface area contributed by atoms with E-state index in [0.29, 0.717) is 18.8 Å². The van der Waals surface area contributed by atoms with Gasteiger partial charge in [-0.2, -0.15) is 0 Å². The summed E-state index contributed by atoms with van der Waals surface area (Å²) in [5.74, 6) is 0.512. The van der Waals surface area contributed by atoms with E-state index >= 15 is 0 Å². The van der Waals surface area contributed by atoms with Crippen LogP contribution in [0.4, 0.5) is 10.1 Å². The van der Waals surface area contributed by atoms with Crippen molar-refractivity contribution < 1.29 is 9.18 Å². The van der Waals surface area contributed by atoms with E-state index in [1.54, 1.807) is 36.4 Å². The molecular weight excluding hydrogens is 389 g/mol. The number of para-hydroxylation sites is 1. The maximum Gasteiger partial charge on any atom is 0.243 e. The van der Waals surface area contributed by atoms with Crippen molar-refractivity contribution in [3.8, 4) is 0 Å². The van der Waals surface area contributed by atoms with Gasteiger partial charge in [0.25, 0.3) is 0 Å². The van der Waals surface area contributed by atoms with Gasteiger partial charge in [-0.25, -0.2) is 9.38 Å². The number of piperazine rings is 1. The van der Waals surface area contributed by atoms with Crippen LogP contribution in [0, 0.1) is 5.82 Å². The number of hydrogen-bond acceptors (Lipinski definition) is 4. The highest BCUT2D eigenvalue weighted by Gasteiger charge is 2.22. The van der Waals surface area contributed by atoms with Crippen LogP contribution in [0.2, 0.25) is 0 Å². The number of halogens is 1. The number of anilines is 1. The van der Waals surface area contributed by atoms with Gasteiger partial charge in [-0.1, -0.05) is 18.2 Å². The first kappa shape index (κ1) is 21.1. The molecule has 0 bridgehead atoms. The van der Waals surface area contributed by atoms with Gasteiger partial charge in [-0.05, 0) is 30.0 Å². The van der Waals surface area contributed by atoms with E-state index in [4.69, 9.17) is 0 Å². The number of carbonyl (C=O) groups excluding carboxylic acids is 1. The second-order valence-electron chi connectivity index (χ2n) is 7.11. The largest absolute Gasteiger partial charge is 0.366 e. The minimum absolute atomic E-state index is 0.0347. The van der Waals surface area contributed by atoms with E-state index < -0.39 is 0 Å². The van der Waals surface area contributed by atoms with Crippen molar-refractivity contribution in [1.82, 2.24) is 15.1 Å². The molecule has 1 saturated heterocycles. The molecule has 6 nitrogen and oxygen atoms in total. The van der Waals surface area contributed by atoms with Gasteiger partial charge in [0.2, 0.25) is 5.91 Å². The molecule has 1 aromatic heterocycles. The van der Waals surface area contributed by atoms with Crippen LogP contribution in [-0.2, 0) is 11.2 Å². The lowest BCUT2D eigenvalue weighted by atomic mass is 10.2. The number of amides is 1. The van der Waals surface area contributed by atoms with Crippen molar-refractivity contribution in [3.63, 3.8) is 0 Å². The Bertz CT molecular complexity index is 816. The molecule has 29 heavy (non-hydrogen) atoms. The smallest absolute Gasteiger partial charge is 0.243 e. The number of hydrogen-bond donors (Lipinski definition) is 1. The first-order valence-electron chi connectivity index (χ1n) is 9.80. The van der Waals surface area contributed by atoms with Gasteiger partial charge in [0.05, 0.1) is 5.69 Å². The number of benzene rings is 1. The summed E-state index contributed by atoms with van der Waals surface area (Å²) in [4.78, 5) is 23.6. The van der Waals surface area contributed by atoms with Crippen molar-refractivity contribution in [2.75, 3.05) is 58.3 Å². The fraction of sp³-hybridized carbons (Fsp3) is 0.429. The minimum Gasteiger partial charge on any atom is -0.366 e. The first-order chi connectivity index (χ1) is 14.0. The maximum atomic E-state index is 14.1. The van der Waals surface area contributed by atoms with Crippen LogP contribution < -0.4 is 10.2 Å². The number of guanidine groups is 1. The summed E-state index contributed by atoms with van der Waals surface area (Å²) in [5.41, 5.74) is 0.638. The molecule has 0 spiro atoms. The van der Waals surface area contributed by atoms with Gasteiger partial charge in [0.15, 0.2) is 5.96 Å². The van der Waals surface area contributed by atoms with Crippen LogP contribution in [0.1, 0.15) is 4.88 Å². The third-order valence-corrected chi connectivity index (χ3v) is 5.81. The lowest BCUT2D eigenvalue weighted by Crippen LogP contribution is -2.53. The van der Waals surface area contributed by atoms with Crippen molar-refractivity contribution in [2.24, 2.45) is 4.99 Å². The molecule has 0 aliphatic carbocycles. The summed E-state index contributed by atoms with van der Waals surface area (Å²) >= 11 is 1.74. The lowest BCUT2D eigenvalue weighted by molar-refractivity contribution is -0.127. The zero-order valence-electron chi connectivity index (χ0n) is 17.0. The van der Waals surface area contributed by atoms with Gasteiger partial charge in [-0.15, -0.1) is 11.3 Å². The molecule has 156 valence electrons. The molecule has 0 atom stereocenters. The number of nitrogens with one attached hydrogen (secondary N) is 1. The van der Waals surface area contributed by atoms with Crippen molar-refractivity contribution in [3.05, 3.63) is 52.5 Å². The molecule has 1 N–H and O–H groups in total. The zero-order chi connectivity index (χ0) is 20.6. The zero-order valence-corrected chi connectivity index (χ0v) is 17.8. The molecule has 8 heteroatoms. The highest BCUT2D eigenvalue weighted by Crippen LogP contribution is 2.20. The summed E-state index contributed by atoms with van der Waals surface area (Å²) < 4.78 is 14.1. The number of nitrogens with zero attached hydrogens (tertiary/aromatic N) is 4. The molecule has 0 unspecified atom stereocenters. The molecule has 0 saturated carbocycles. The summed E-state index contributed by atoms with van der Waals surface area (Å²) in [5, 5.41) is 5.48. The van der Waals surface area contributed by atoms with Crippen molar-refractivity contribution in [1.29, 1.82) is 0 Å². The quantitative estimate of drug-likeness (QED) is 0.579. The average Bonchev–Trinajstić information content (AvgIpc) is 3.24.